The Morgan fingerprint density at radius 2 is 2.25 bits per heavy atom. The van der Waals surface area contributed by atoms with Crippen LogP contribution in [0.3, 0.4) is 0 Å². The lowest BCUT2D eigenvalue weighted by Gasteiger charge is -2.08. The smallest absolute Gasteiger partial charge is 0.350 e. The van der Waals surface area contributed by atoms with Gasteiger partial charge in [-0.25, -0.2) is 9.78 Å². The summed E-state index contributed by atoms with van der Waals surface area (Å²) in [6, 6.07) is 5.09. The Kier molecular flexibility index (Phi) is 4.46. The maximum absolute atomic E-state index is 12.0. The van der Waals surface area contributed by atoms with E-state index in [9.17, 15) is 4.79 Å². The first-order valence-corrected chi connectivity index (χ1v) is 7.03. The second-order valence-electron chi connectivity index (χ2n) is 3.79. The number of nitrogen functional groups attached to an aromatic ring is 1. The van der Waals surface area contributed by atoms with Crippen molar-refractivity contribution in [3.8, 4) is 17.0 Å². The van der Waals surface area contributed by atoms with Crippen molar-refractivity contribution >= 4 is 34.0 Å². The summed E-state index contributed by atoms with van der Waals surface area (Å²) in [6.45, 7) is 2.02. The highest BCUT2D eigenvalue weighted by atomic mass is 35.5. The van der Waals surface area contributed by atoms with Crippen LogP contribution in [0.25, 0.3) is 11.3 Å². The Bertz CT molecular complexity index is 643. The van der Waals surface area contributed by atoms with Crippen LogP contribution in [0.4, 0.5) is 5.13 Å². The van der Waals surface area contributed by atoms with Gasteiger partial charge in [0.15, 0.2) is 5.13 Å². The average molecular weight is 313 g/mol. The molecule has 0 aliphatic heterocycles. The number of nitrogens with two attached hydrogens (primary N) is 1. The minimum atomic E-state index is -0.460. The first-order valence-electron chi connectivity index (χ1n) is 5.84. The first-order chi connectivity index (χ1) is 9.56. The first kappa shape index (κ1) is 14.6. The lowest BCUT2D eigenvalue weighted by molar-refractivity contribution is 0.0532. The molecule has 0 amide bonds. The van der Waals surface area contributed by atoms with Crippen molar-refractivity contribution in [1.82, 2.24) is 4.98 Å². The summed E-state index contributed by atoms with van der Waals surface area (Å²) in [4.78, 5) is 16.5. The van der Waals surface area contributed by atoms with Gasteiger partial charge in [-0.15, -0.1) is 0 Å². The van der Waals surface area contributed by atoms with Gasteiger partial charge in [0.25, 0.3) is 0 Å². The zero-order valence-electron chi connectivity index (χ0n) is 11.0. The summed E-state index contributed by atoms with van der Waals surface area (Å²) in [5.41, 5.74) is 6.74. The van der Waals surface area contributed by atoms with Crippen molar-refractivity contribution in [2.45, 2.75) is 6.92 Å². The third-order valence-corrected chi connectivity index (χ3v) is 3.62. The van der Waals surface area contributed by atoms with Gasteiger partial charge in [-0.2, -0.15) is 0 Å². The lowest BCUT2D eigenvalue weighted by atomic mass is 10.1. The number of carbonyl (C=O) groups is 1. The molecule has 0 saturated carbocycles. The van der Waals surface area contributed by atoms with E-state index in [1.807, 2.05) is 0 Å². The molecule has 106 valence electrons. The average Bonchev–Trinajstić information content (AvgIpc) is 2.81. The van der Waals surface area contributed by atoms with Gasteiger partial charge in [-0.1, -0.05) is 22.9 Å². The van der Waals surface area contributed by atoms with E-state index >= 15 is 0 Å². The van der Waals surface area contributed by atoms with E-state index in [0.717, 1.165) is 11.3 Å². The summed E-state index contributed by atoms with van der Waals surface area (Å²) in [6.07, 6.45) is 0. The van der Waals surface area contributed by atoms with Crippen molar-refractivity contribution in [3.63, 3.8) is 0 Å². The summed E-state index contributed by atoms with van der Waals surface area (Å²) in [5, 5.41) is 0.798. The quantitative estimate of drug-likeness (QED) is 0.877. The maximum atomic E-state index is 12.0. The number of aromatic nitrogens is 1. The molecule has 1 aromatic heterocycles. The molecule has 1 heterocycles. The fraction of sp³-hybridized carbons (Fsp3) is 0.231. The minimum Gasteiger partial charge on any atom is -0.496 e. The third kappa shape index (κ3) is 2.86. The number of esters is 1. The van der Waals surface area contributed by atoms with Gasteiger partial charge in [-0.3, -0.25) is 0 Å². The Morgan fingerprint density at radius 1 is 1.50 bits per heavy atom. The van der Waals surface area contributed by atoms with E-state index in [4.69, 9.17) is 26.8 Å². The summed E-state index contributed by atoms with van der Waals surface area (Å²) >= 11 is 7.07. The lowest BCUT2D eigenvalue weighted by Crippen LogP contribution is -2.04. The monoisotopic (exact) mass is 312 g/mol. The van der Waals surface area contributed by atoms with Gasteiger partial charge < -0.3 is 15.2 Å². The highest BCUT2D eigenvalue weighted by molar-refractivity contribution is 7.17. The summed E-state index contributed by atoms with van der Waals surface area (Å²) in [5.74, 6) is 0.101. The number of halogens is 1. The zero-order valence-corrected chi connectivity index (χ0v) is 12.5. The van der Waals surface area contributed by atoms with Crippen molar-refractivity contribution in [3.05, 3.63) is 28.1 Å². The van der Waals surface area contributed by atoms with Crippen LogP contribution in [-0.2, 0) is 4.74 Å². The summed E-state index contributed by atoms with van der Waals surface area (Å²) < 4.78 is 10.3. The van der Waals surface area contributed by atoms with Crippen LogP contribution in [0.5, 0.6) is 5.75 Å². The molecule has 5 nitrogen and oxygen atoms in total. The number of nitrogens with zero attached hydrogens (tertiary/aromatic N) is 1. The molecule has 0 bridgehead atoms. The Labute approximate surface area is 125 Å². The van der Waals surface area contributed by atoms with E-state index in [-0.39, 0.29) is 11.7 Å². The fourth-order valence-corrected chi connectivity index (χ4v) is 2.63. The second kappa shape index (κ2) is 6.11. The van der Waals surface area contributed by atoms with Crippen molar-refractivity contribution in [2.24, 2.45) is 0 Å². The van der Waals surface area contributed by atoms with E-state index in [0.29, 0.717) is 26.9 Å². The highest BCUT2D eigenvalue weighted by Crippen LogP contribution is 2.37. The van der Waals surface area contributed by atoms with Crippen LogP contribution in [0.15, 0.2) is 18.2 Å². The number of methoxy groups -OCH3 is 1. The number of anilines is 1. The molecule has 0 spiro atoms. The van der Waals surface area contributed by atoms with Crippen LogP contribution in [0, 0.1) is 0 Å². The fourth-order valence-electron chi connectivity index (χ4n) is 1.72. The number of ether oxygens (including phenoxy) is 2. The molecule has 0 aliphatic rings. The summed E-state index contributed by atoms with van der Waals surface area (Å²) in [7, 11) is 1.53. The number of benzene rings is 1. The number of rotatable bonds is 4. The molecule has 2 N–H and O–H groups in total. The van der Waals surface area contributed by atoms with Gasteiger partial charge in [0, 0.05) is 10.6 Å². The van der Waals surface area contributed by atoms with Crippen molar-refractivity contribution in [1.29, 1.82) is 0 Å². The highest BCUT2D eigenvalue weighted by Gasteiger charge is 2.22. The molecule has 0 radical (unpaired) electrons. The van der Waals surface area contributed by atoms with Crippen LogP contribution < -0.4 is 10.5 Å². The van der Waals surface area contributed by atoms with Gasteiger partial charge >= 0.3 is 5.97 Å². The van der Waals surface area contributed by atoms with E-state index in [1.54, 1.807) is 25.1 Å². The van der Waals surface area contributed by atoms with Gasteiger partial charge in [0.1, 0.15) is 16.3 Å². The predicted octanol–water partition coefficient (Wildman–Crippen LogP) is 3.23. The molecule has 0 aliphatic carbocycles. The molecule has 2 rings (SSSR count). The molecule has 0 fully saturated rings. The van der Waals surface area contributed by atoms with Crippen LogP contribution in [0.1, 0.15) is 16.6 Å². The number of hydrogen-bond donors (Lipinski definition) is 1. The number of hydrogen-bond acceptors (Lipinski definition) is 6. The van der Waals surface area contributed by atoms with E-state index in [2.05, 4.69) is 4.98 Å². The van der Waals surface area contributed by atoms with Crippen LogP contribution >= 0.6 is 22.9 Å². The standard InChI is InChI=1S/C13H13ClN2O3S/c1-3-19-12(17)11-10(16-13(15)20-11)8-6-7(14)4-5-9(8)18-2/h4-6H,3H2,1-2H3,(H2,15,16). The van der Waals surface area contributed by atoms with Crippen molar-refractivity contribution < 1.29 is 14.3 Å². The van der Waals surface area contributed by atoms with Gasteiger partial charge in [0.05, 0.1) is 13.7 Å². The number of carbonyl (C=O) groups excluding carboxylic acids is 1. The predicted molar refractivity (Wildman–Crippen MR) is 79.5 cm³/mol. The number of thiazole rings is 1. The topological polar surface area (TPSA) is 74.4 Å². The largest absolute Gasteiger partial charge is 0.496 e. The molecule has 0 atom stereocenters. The molecule has 2 aromatic rings. The molecule has 0 saturated heterocycles. The van der Waals surface area contributed by atoms with Crippen LogP contribution in [0.2, 0.25) is 5.02 Å². The third-order valence-electron chi connectivity index (χ3n) is 2.52. The second-order valence-corrected chi connectivity index (χ2v) is 5.26. The molecule has 1 aromatic carbocycles. The Balaban J connectivity index is 2.58. The molecular formula is C13H13ClN2O3S. The SMILES string of the molecule is CCOC(=O)c1sc(N)nc1-c1cc(Cl)ccc1OC. The Hall–Kier alpha value is -1.79. The minimum absolute atomic E-state index is 0.281. The van der Waals surface area contributed by atoms with Gasteiger partial charge in [0.2, 0.25) is 0 Å². The Morgan fingerprint density at radius 3 is 2.90 bits per heavy atom. The normalized spacial score (nSPS) is 10.3. The van der Waals surface area contributed by atoms with E-state index in [1.165, 1.54) is 7.11 Å². The van der Waals surface area contributed by atoms with Gasteiger partial charge in [-0.05, 0) is 25.1 Å². The molecule has 20 heavy (non-hydrogen) atoms. The zero-order chi connectivity index (χ0) is 14.7. The maximum Gasteiger partial charge on any atom is 0.350 e. The van der Waals surface area contributed by atoms with Crippen molar-refractivity contribution in [2.75, 3.05) is 19.5 Å². The van der Waals surface area contributed by atoms with Crippen LogP contribution in [-0.4, -0.2) is 24.7 Å². The molecule has 0 unspecified atom stereocenters. The molecular weight excluding hydrogens is 300 g/mol. The van der Waals surface area contributed by atoms with E-state index < -0.39 is 5.97 Å². The molecule has 7 heteroatoms.